The minimum atomic E-state index is -2.97. The third kappa shape index (κ3) is 3.25. The molecule has 1 saturated carbocycles. The number of hydrogen-bond acceptors (Lipinski definition) is 2. The van der Waals surface area contributed by atoms with Gasteiger partial charge in [-0.25, -0.2) is 8.42 Å². The van der Waals surface area contributed by atoms with Gasteiger partial charge < -0.3 is 4.90 Å². The first kappa shape index (κ1) is 14.3. The summed E-state index contributed by atoms with van der Waals surface area (Å²) in [5.74, 6) is 1.09. The zero-order chi connectivity index (χ0) is 13.2. The molecule has 1 aliphatic heterocycles. The first-order chi connectivity index (χ1) is 8.53. The van der Waals surface area contributed by atoms with Crippen molar-refractivity contribution in [2.24, 2.45) is 5.92 Å². The predicted molar refractivity (Wildman–Crippen MR) is 73.2 cm³/mol. The molecule has 1 aliphatic carbocycles. The van der Waals surface area contributed by atoms with Crippen molar-refractivity contribution in [2.45, 2.75) is 45.6 Å². The third-order valence-corrected chi connectivity index (χ3v) is 6.52. The van der Waals surface area contributed by atoms with Gasteiger partial charge in [-0.2, -0.15) is 4.31 Å². The van der Waals surface area contributed by atoms with Gasteiger partial charge in [-0.05, 0) is 25.7 Å². The molecule has 0 unspecified atom stereocenters. The zero-order valence-electron chi connectivity index (χ0n) is 11.7. The molecule has 2 fully saturated rings. The summed E-state index contributed by atoms with van der Waals surface area (Å²) < 4.78 is 25.3. The highest BCUT2D eigenvalue weighted by Crippen LogP contribution is 2.22. The van der Waals surface area contributed by atoms with Crippen LogP contribution in [-0.2, 0) is 10.0 Å². The molecule has 0 amide bonds. The summed E-state index contributed by atoms with van der Waals surface area (Å²) in [5, 5.41) is 0. The van der Waals surface area contributed by atoms with E-state index in [2.05, 4.69) is 6.92 Å². The Bertz CT molecular complexity index is 361. The first-order valence-electron chi connectivity index (χ1n) is 7.35. The maximum absolute atomic E-state index is 11.8. The van der Waals surface area contributed by atoms with Crippen molar-refractivity contribution >= 4 is 10.0 Å². The molecule has 2 rings (SSSR count). The molecule has 1 saturated heterocycles. The van der Waals surface area contributed by atoms with Crippen LogP contribution in [0.2, 0.25) is 0 Å². The van der Waals surface area contributed by atoms with E-state index >= 15 is 0 Å². The van der Waals surface area contributed by atoms with E-state index in [1.54, 1.807) is 16.1 Å². The summed E-state index contributed by atoms with van der Waals surface area (Å²) in [6.45, 7) is 7.51. The number of nitrogens with zero attached hydrogens (tertiary/aromatic N) is 1. The largest absolute Gasteiger partial charge is 0.330 e. The molecule has 0 radical (unpaired) electrons. The van der Waals surface area contributed by atoms with Crippen LogP contribution in [0.4, 0.5) is 0 Å². The van der Waals surface area contributed by atoms with E-state index in [1.807, 2.05) is 0 Å². The molecule has 5 heteroatoms. The van der Waals surface area contributed by atoms with E-state index in [-0.39, 0.29) is 5.75 Å². The summed E-state index contributed by atoms with van der Waals surface area (Å²) in [7, 11) is -2.97. The van der Waals surface area contributed by atoms with Crippen LogP contribution in [0.15, 0.2) is 0 Å². The average Bonchev–Trinajstić information content (AvgIpc) is 2.39. The van der Waals surface area contributed by atoms with Crippen LogP contribution in [-0.4, -0.2) is 50.7 Å². The first-order valence-corrected chi connectivity index (χ1v) is 8.96. The number of rotatable bonds is 3. The molecule has 0 bridgehead atoms. The Morgan fingerprint density at radius 1 is 1.22 bits per heavy atom. The van der Waals surface area contributed by atoms with Gasteiger partial charge >= 0.3 is 0 Å². The molecule has 2 aliphatic rings. The molecule has 0 aromatic heterocycles. The van der Waals surface area contributed by atoms with Gasteiger partial charge in [0.1, 0.15) is 0 Å². The van der Waals surface area contributed by atoms with Crippen molar-refractivity contribution in [3.8, 4) is 0 Å². The van der Waals surface area contributed by atoms with Crippen molar-refractivity contribution in [3.05, 3.63) is 0 Å². The van der Waals surface area contributed by atoms with Crippen LogP contribution in [0.1, 0.15) is 39.5 Å². The van der Waals surface area contributed by atoms with E-state index in [0.717, 1.165) is 38.1 Å². The van der Waals surface area contributed by atoms with Crippen molar-refractivity contribution in [2.75, 3.05) is 31.9 Å². The fourth-order valence-electron chi connectivity index (χ4n) is 3.45. The van der Waals surface area contributed by atoms with Gasteiger partial charge in [-0.15, -0.1) is 0 Å². The smallest absolute Gasteiger partial charge is 0.214 e. The molecule has 0 aromatic carbocycles. The number of hydrogen-bond donors (Lipinski definition) is 1. The van der Waals surface area contributed by atoms with Crippen molar-refractivity contribution < 1.29 is 13.3 Å². The lowest BCUT2D eigenvalue weighted by Crippen LogP contribution is -3.18. The molecule has 0 spiro atoms. The Labute approximate surface area is 111 Å². The average molecular weight is 275 g/mol. The van der Waals surface area contributed by atoms with E-state index in [9.17, 15) is 8.42 Å². The van der Waals surface area contributed by atoms with Crippen LogP contribution in [0.25, 0.3) is 0 Å². The minimum Gasteiger partial charge on any atom is -0.330 e. The van der Waals surface area contributed by atoms with Gasteiger partial charge in [0, 0.05) is 6.42 Å². The molecule has 1 heterocycles. The third-order valence-electron chi connectivity index (χ3n) is 4.64. The van der Waals surface area contributed by atoms with Gasteiger partial charge in [-0.3, -0.25) is 0 Å². The summed E-state index contributed by atoms with van der Waals surface area (Å²) in [4.78, 5) is 1.64. The lowest BCUT2D eigenvalue weighted by atomic mass is 9.86. The van der Waals surface area contributed by atoms with Crippen LogP contribution in [0, 0.1) is 5.92 Å². The number of piperazine rings is 1. The van der Waals surface area contributed by atoms with Gasteiger partial charge in [0.2, 0.25) is 10.0 Å². The van der Waals surface area contributed by atoms with Crippen LogP contribution in [0.5, 0.6) is 0 Å². The standard InChI is InChI=1S/C13H26N2O2S/c1-3-18(16,17)15-9-7-14(8-10-15)13-6-4-5-12(2)11-13/h12-13H,3-11H2,1-2H3/p+1/t12-,13+/m0/s1. The topological polar surface area (TPSA) is 41.8 Å². The van der Waals surface area contributed by atoms with Crippen molar-refractivity contribution in [1.29, 1.82) is 0 Å². The highest BCUT2D eigenvalue weighted by Gasteiger charge is 2.33. The summed E-state index contributed by atoms with van der Waals surface area (Å²) in [5.41, 5.74) is 0. The molecule has 2 atom stereocenters. The van der Waals surface area contributed by atoms with E-state index in [4.69, 9.17) is 0 Å². The summed E-state index contributed by atoms with van der Waals surface area (Å²) in [6, 6.07) is 0.778. The molecular formula is C13H27N2O2S+. The molecule has 4 nitrogen and oxygen atoms in total. The normalized spacial score (nSPS) is 32.6. The second kappa shape index (κ2) is 5.88. The van der Waals surface area contributed by atoms with E-state index in [1.165, 1.54) is 25.7 Å². The predicted octanol–water partition coefficient (Wildman–Crippen LogP) is 0.115. The van der Waals surface area contributed by atoms with Crippen molar-refractivity contribution in [1.82, 2.24) is 4.31 Å². The van der Waals surface area contributed by atoms with Gasteiger partial charge in [0.05, 0.1) is 38.0 Å². The zero-order valence-corrected chi connectivity index (χ0v) is 12.5. The Morgan fingerprint density at radius 3 is 2.44 bits per heavy atom. The highest BCUT2D eigenvalue weighted by atomic mass is 32.2. The quantitative estimate of drug-likeness (QED) is 0.795. The second-order valence-corrected chi connectivity index (χ2v) is 8.18. The van der Waals surface area contributed by atoms with E-state index in [0.29, 0.717) is 0 Å². The van der Waals surface area contributed by atoms with Gasteiger partial charge in [0.25, 0.3) is 0 Å². The number of nitrogens with one attached hydrogen (secondary N) is 1. The van der Waals surface area contributed by atoms with Gasteiger partial charge in [-0.1, -0.05) is 13.3 Å². The number of quaternary nitrogens is 1. The van der Waals surface area contributed by atoms with Gasteiger partial charge in [0.15, 0.2) is 0 Å². The summed E-state index contributed by atoms with van der Waals surface area (Å²) in [6.07, 6.45) is 5.39. The SMILES string of the molecule is CCS(=O)(=O)N1CC[NH+]([C@@H]2CCC[C@H](C)C2)CC1. The fourth-order valence-corrected chi connectivity index (χ4v) is 4.55. The molecule has 1 N–H and O–H groups in total. The Kier molecular flexibility index (Phi) is 4.67. The van der Waals surface area contributed by atoms with E-state index < -0.39 is 10.0 Å². The minimum absolute atomic E-state index is 0.239. The number of sulfonamides is 1. The molecular weight excluding hydrogens is 248 g/mol. The van der Waals surface area contributed by atoms with Crippen LogP contribution in [0.3, 0.4) is 0 Å². The molecule has 106 valence electrons. The Balaban J connectivity index is 1.86. The maximum atomic E-state index is 11.8. The Morgan fingerprint density at radius 2 is 1.89 bits per heavy atom. The highest BCUT2D eigenvalue weighted by molar-refractivity contribution is 7.89. The lowest BCUT2D eigenvalue weighted by Gasteiger charge is -2.38. The summed E-state index contributed by atoms with van der Waals surface area (Å²) >= 11 is 0. The molecule has 18 heavy (non-hydrogen) atoms. The van der Waals surface area contributed by atoms with Crippen molar-refractivity contribution in [3.63, 3.8) is 0 Å². The molecule has 0 aromatic rings. The maximum Gasteiger partial charge on any atom is 0.214 e. The lowest BCUT2D eigenvalue weighted by molar-refractivity contribution is -0.930. The fraction of sp³-hybridized carbons (Fsp3) is 1.00. The Hall–Kier alpha value is -0.130. The monoisotopic (exact) mass is 275 g/mol. The van der Waals surface area contributed by atoms with Crippen LogP contribution >= 0.6 is 0 Å². The van der Waals surface area contributed by atoms with Crippen LogP contribution < -0.4 is 4.90 Å². The second-order valence-electron chi connectivity index (χ2n) is 5.93.